The normalized spacial score (nSPS) is 15.4. The molecule has 1 fully saturated rings. The summed E-state index contributed by atoms with van der Waals surface area (Å²) in [5.74, 6) is 0.554. The van der Waals surface area contributed by atoms with E-state index < -0.39 is 0 Å². The molecule has 1 amide bonds. The predicted octanol–water partition coefficient (Wildman–Crippen LogP) is 2.88. The first-order chi connectivity index (χ1) is 11.7. The van der Waals surface area contributed by atoms with Crippen LogP contribution >= 0.6 is 0 Å². The molecule has 3 aromatic rings. The average Bonchev–Trinajstić information content (AvgIpc) is 3.27. The second-order valence-corrected chi connectivity index (χ2v) is 6.08. The SMILES string of the molecule is CC(c1ccco1)N(C(=O)c1n[nH]c(=O)c2ccccc12)C1CC1. The molecule has 1 aliphatic rings. The van der Waals surface area contributed by atoms with Crippen molar-refractivity contribution in [2.75, 3.05) is 0 Å². The minimum absolute atomic E-state index is 0.185. The number of amides is 1. The van der Waals surface area contributed by atoms with Crippen LogP contribution < -0.4 is 5.56 Å². The Morgan fingerprint density at radius 2 is 2.00 bits per heavy atom. The van der Waals surface area contributed by atoms with E-state index in [-0.39, 0.29) is 29.2 Å². The molecule has 1 N–H and O–H groups in total. The molecule has 1 atom stereocenters. The van der Waals surface area contributed by atoms with E-state index in [1.807, 2.05) is 24.0 Å². The smallest absolute Gasteiger partial charge is 0.275 e. The maximum atomic E-state index is 13.2. The van der Waals surface area contributed by atoms with Crippen molar-refractivity contribution in [3.8, 4) is 0 Å². The van der Waals surface area contributed by atoms with E-state index >= 15 is 0 Å². The molecule has 1 aliphatic carbocycles. The van der Waals surface area contributed by atoms with Crippen LogP contribution in [-0.2, 0) is 0 Å². The van der Waals surface area contributed by atoms with Crippen LogP contribution in [0.3, 0.4) is 0 Å². The molecule has 122 valence electrons. The number of nitrogens with zero attached hydrogens (tertiary/aromatic N) is 2. The zero-order chi connectivity index (χ0) is 16.7. The van der Waals surface area contributed by atoms with Crippen molar-refractivity contribution in [1.82, 2.24) is 15.1 Å². The maximum Gasteiger partial charge on any atom is 0.275 e. The van der Waals surface area contributed by atoms with Gasteiger partial charge in [0.2, 0.25) is 0 Å². The van der Waals surface area contributed by atoms with Crippen LogP contribution in [-0.4, -0.2) is 27.0 Å². The standard InChI is InChI=1S/C18H17N3O3/c1-11(15-7-4-10-24-15)21(12-8-9-12)18(23)16-13-5-2-3-6-14(13)17(22)20-19-16/h2-7,10-12H,8-9H2,1H3,(H,20,22). The molecule has 0 spiro atoms. The number of hydrogen-bond acceptors (Lipinski definition) is 4. The maximum absolute atomic E-state index is 13.2. The van der Waals surface area contributed by atoms with Gasteiger partial charge in [-0.3, -0.25) is 9.59 Å². The fourth-order valence-electron chi connectivity index (χ4n) is 3.08. The van der Waals surface area contributed by atoms with Crippen molar-refractivity contribution in [3.63, 3.8) is 0 Å². The molecule has 2 aromatic heterocycles. The molecule has 0 radical (unpaired) electrons. The van der Waals surface area contributed by atoms with Gasteiger partial charge in [-0.1, -0.05) is 18.2 Å². The number of benzene rings is 1. The lowest BCUT2D eigenvalue weighted by atomic mass is 10.1. The van der Waals surface area contributed by atoms with Crippen molar-refractivity contribution in [3.05, 3.63) is 64.5 Å². The number of hydrogen-bond donors (Lipinski definition) is 1. The molecule has 1 saturated carbocycles. The summed E-state index contributed by atoms with van der Waals surface area (Å²) in [6.45, 7) is 1.95. The summed E-state index contributed by atoms with van der Waals surface area (Å²) in [5, 5.41) is 7.52. The molecular weight excluding hydrogens is 306 g/mol. The van der Waals surface area contributed by atoms with Crippen molar-refractivity contribution < 1.29 is 9.21 Å². The molecule has 4 rings (SSSR count). The van der Waals surface area contributed by atoms with Gasteiger partial charge in [-0.25, -0.2) is 5.10 Å². The summed E-state index contributed by atoms with van der Waals surface area (Å²) < 4.78 is 5.47. The van der Waals surface area contributed by atoms with Crippen LogP contribution in [0.1, 0.15) is 42.1 Å². The molecule has 6 heteroatoms. The van der Waals surface area contributed by atoms with E-state index in [0.717, 1.165) is 18.6 Å². The molecular formula is C18H17N3O3. The van der Waals surface area contributed by atoms with Gasteiger partial charge in [0.05, 0.1) is 17.7 Å². The summed E-state index contributed by atoms with van der Waals surface area (Å²) in [6.07, 6.45) is 3.55. The fraction of sp³-hybridized carbons (Fsp3) is 0.278. The highest BCUT2D eigenvalue weighted by Gasteiger charge is 2.38. The van der Waals surface area contributed by atoms with Gasteiger partial charge in [0.1, 0.15) is 5.76 Å². The highest BCUT2D eigenvalue weighted by Crippen LogP contribution is 2.36. The Balaban J connectivity index is 1.79. The van der Waals surface area contributed by atoms with E-state index in [4.69, 9.17) is 4.42 Å². The third kappa shape index (κ3) is 2.40. The van der Waals surface area contributed by atoms with E-state index in [1.165, 1.54) is 0 Å². The second kappa shape index (κ2) is 5.63. The quantitative estimate of drug-likeness (QED) is 0.800. The lowest BCUT2D eigenvalue weighted by molar-refractivity contribution is 0.0647. The third-order valence-corrected chi connectivity index (χ3v) is 4.45. The largest absolute Gasteiger partial charge is 0.467 e. The minimum Gasteiger partial charge on any atom is -0.467 e. The van der Waals surface area contributed by atoms with Gasteiger partial charge in [-0.05, 0) is 38.0 Å². The second-order valence-electron chi connectivity index (χ2n) is 6.08. The van der Waals surface area contributed by atoms with E-state index in [9.17, 15) is 9.59 Å². The number of furan rings is 1. The Morgan fingerprint density at radius 1 is 1.25 bits per heavy atom. The van der Waals surface area contributed by atoms with Gasteiger partial charge < -0.3 is 9.32 Å². The zero-order valence-electron chi connectivity index (χ0n) is 13.2. The van der Waals surface area contributed by atoms with Crippen molar-refractivity contribution >= 4 is 16.7 Å². The van der Waals surface area contributed by atoms with Crippen LogP contribution in [0, 0.1) is 0 Å². The fourth-order valence-corrected chi connectivity index (χ4v) is 3.08. The number of rotatable bonds is 4. The highest BCUT2D eigenvalue weighted by molar-refractivity contribution is 6.05. The lowest BCUT2D eigenvalue weighted by Gasteiger charge is -2.28. The lowest BCUT2D eigenvalue weighted by Crippen LogP contribution is -2.36. The molecule has 6 nitrogen and oxygen atoms in total. The van der Waals surface area contributed by atoms with Crippen LogP contribution in [0.2, 0.25) is 0 Å². The number of nitrogens with one attached hydrogen (secondary N) is 1. The monoisotopic (exact) mass is 323 g/mol. The molecule has 1 unspecified atom stereocenters. The zero-order valence-corrected chi connectivity index (χ0v) is 13.2. The number of carbonyl (C=O) groups is 1. The van der Waals surface area contributed by atoms with Gasteiger partial charge in [-0.15, -0.1) is 0 Å². The van der Waals surface area contributed by atoms with E-state index in [2.05, 4.69) is 10.2 Å². The minimum atomic E-state index is -0.292. The van der Waals surface area contributed by atoms with E-state index in [1.54, 1.807) is 30.5 Å². The highest BCUT2D eigenvalue weighted by atomic mass is 16.3. The molecule has 0 saturated heterocycles. The Labute approximate surface area is 138 Å². The Morgan fingerprint density at radius 3 is 2.67 bits per heavy atom. The summed E-state index contributed by atoms with van der Waals surface area (Å²) in [6, 6.07) is 10.7. The number of fused-ring (bicyclic) bond motifs is 1. The topological polar surface area (TPSA) is 79.2 Å². The van der Waals surface area contributed by atoms with E-state index in [0.29, 0.717) is 10.8 Å². The number of aromatic amines is 1. The first-order valence-electron chi connectivity index (χ1n) is 8.00. The predicted molar refractivity (Wildman–Crippen MR) is 88.7 cm³/mol. The van der Waals surface area contributed by atoms with Crippen molar-refractivity contribution in [2.45, 2.75) is 31.8 Å². The number of aromatic nitrogens is 2. The summed E-state index contributed by atoms with van der Waals surface area (Å²) >= 11 is 0. The van der Waals surface area contributed by atoms with Gasteiger partial charge in [0, 0.05) is 11.4 Å². The molecule has 1 aromatic carbocycles. The van der Waals surface area contributed by atoms with Gasteiger partial charge in [-0.2, -0.15) is 5.10 Å². The van der Waals surface area contributed by atoms with Crippen LogP contribution in [0.25, 0.3) is 10.8 Å². The summed E-state index contributed by atoms with van der Waals surface area (Å²) in [7, 11) is 0. The third-order valence-electron chi connectivity index (χ3n) is 4.45. The van der Waals surface area contributed by atoms with Crippen LogP contribution in [0.4, 0.5) is 0 Å². The molecule has 0 bridgehead atoms. The van der Waals surface area contributed by atoms with Crippen LogP contribution in [0.5, 0.6) is 0 Å². The van der Waals surface area contributed by atoms with Crippen molar-refractivity contribution in [2.24, 2.45) is 0 Å². The van der Waals surface area contributed by atoms with Crippen molar-refractivity contribution in [1.29, 1.82) is 0 Å². The van der Waals surface area contributed by atoms with Gasteiger partial charge in [0.15, 0.2) is 5.69 Å². The molecule has 0 aliphatic heterocycles. The average molecular weight is 323 g/mol. The van der Waals surface area contributed by atoms with Gasteiger partial charge in [0.25, 0.3) is 11.5 Å². The first kappa shape index (κ1) is 14.7. The number of H-pyrrole nitrogens is 1. The summed E-state index contributed by atoms with van der Waals surface area (Å²) in [4.78, 5) is 26.9. The first-order valence-corrected chi connectivity index (χ1v) is 8.00. The molecule has 24 heavy (non-hydrogen) atoms. The Kier molecular flexibility index (Phi) is 3.45. The molecule has 2 heterocycles. The Hall–Kier alpha value is -2.89. The number of carbonyl (C=O) groups excluding carboxylic acids is 1. The summed E-state index contributed by atoms with van der Waals surface area (Å²) in [5.41, 5.74) is -0.0188. The Bertz CT molecular complexity index is 942. The van der Waals surface area contributed by atoms with Crippen LogP contribution in [0.15, 0.2) is 51.9 Å². The van der Waals surface area contributed by atoms with Gasteiger partial charge >= 0.3 is 0 Å².